The molecule has 112 valence electrons. The second-order valence-corrected chi connectivity index (χ2v) is 6.09. The molecule has 1 aromatic rings. The van der Waals surface area contributed by atoms with Crippen LogP contribution < -0.4 is 10.2 Å². The molecule has 1 N–H and O–H groups in total. The molecule has 0 radical (unpaired) electrons. The van der Waals surface area contributed by atoms with Crippen molar-refractivity contribution >= 4 is 5.82 Å². The Kier molecular flexibility index (Phi) is 6.14. The van der Waals surface area contributed by atoms with Crippen LogP contribution in [0, 0.1) is 5.82 Å². The minimum atomic E-state index is -0.293. The predicted octanol–water partition coefficient (Wildman–Crippen LogP) is 3.51. The van der Waals surface area contributed by atoms with Crippen molar-refractivity contribution in [1.82, 2.24) is 10.3 Å². The highest BCUT2D eigenvalue weighted by Crippen LogP contribution is 2.18. The second kappa shape index (κ2) is 7.39. The largest absolute Gasteiger partial charge is 0.359 e. The number of rotatable bonds is 7. The van der Waals surface area contributed by atoms with Crippen LogP contribution >= 0.6 is 0 Å². The lowest BCUT2D eigenvalue weighted by molar-refractivity contribution is 0.423. The molecule has 4 heteroatoms. The molecule has 3 nitrogen and oxygen atoms in total. The number of unbranched alkanes of at least 4 members (excludes halogenated alkanes) is 1. The summed E-state index contributed by atoms with van der Waals surface area (Å²) >= 11 is 0. The highest BCUT2D eigenvalue weighted by molar-refractivity contribution is 5.46. The van der Waals surface area contributed by atoms with Gasteiger partial charge in [-0.2, -0.15) is 0 Å². The molecular formula is C16H26FN3. The molecule has 0 spiro atoms. The summed E-state index contributed by atoms with van der Waals surface area (Å²) in [5.74, 6) is 0.547. The standard InChI is InChI=1S/C16H26FN3/c1-6-7-8-9-20(5)15-13(10-14(17)12-18-15)11-19-16(2,3)4/h6,10,12,19H,1,7-9,11H2,2-5H3. The third-order valence-electron chi connectivity index (χ3n) is 2.98. The molecule has 0 saturated carbocycles. The molecule has 0 aliphatic rings. The minimum Gasteiger partial charge on any atom is -0.359 e. The first-order valence-electron chi connectivity index (χ1n) is 7.05. The summed E-state index contributed by atoms with van der Waals surface area (Å²) in [7, 11) is 1.99. The van der Waals surface area contributed by atoms with E-state index in [1.54, 1.807) is 6.07 Å². The molecule has 0 fully saturated rings. The quantitative estimate of drug-likeness (QED) is 0.611. The van der Waals surface area contributed by atoms with Crippen LogP contribution in [0.2, 0.25) is 0 Å². The smallest absolute Gasteiger partial charge is 0.141 e. The molecule has 0 aromatic carbocycles. The van der Waals surface area contributed by atoms with E-state index in [1.807, 2.05) is 13.1 Å². The van der Waals surface area contributed by atoms with Gasteiger partial charge in [0, 0.05) is 31.2 Å². The molecule has 0 aliphatic heterocycles. The van der Waals surface area contributed by atoms with Gasteiger partial charge in [0.15, 0.2) is 0 Å². The Hall–Kier alpha value is -1.42. The average Bonchev–Trinajstić information content (AvgIpc) is 2.35. The van der Waals surface area contributed by atoms with E-state index in [2.05, 4.69) is 42.6 Å². The maximum Gasteiger partial charge on any atom is 0.141 e. The van der Waals surface area contributed by atoms with Gasteiger partial charge in [0.2, 0.25) is 0 Å². The van der Waals surface area contributed by atoms with E-state index in [4.69, 9.17) is 0 Å². The fraction of sp³-hybridized carbons (Fsp3) is 0.562. The van der Waals surface area contributed by atoms with Gasteiger partial charge in [0.25, 0.3) is 0 Å². The second-order valence-electron chi connectivity index (χ2n) is 6.09. The molecule has 0 aliphatic carbocycles. The third kappa shape index (κ3) is 5.70. The van der Waals surface area contributed by atoms with Crippen LogP contribution in [0.3, 0.4) is 0 Å². The van der Waals surface area contributed by atoms with Crippen LogP contribution in [0.4, 0.5) is 10.2 Å². The van der Waals surface area contributed by atoms with Crippen molar-refractivity contribution in [2.75, 3.05) is 18.5 Å². The molecule has 0 bridgehead atoms. The molecule has 1 aromatic heterocycles. The van der Waals surface area contributed by atoms with Crippen molar-refractivity contribution in [2.24, 2.45) is 0 Å². The zero-order valence-corrected chi connectivity index (χ0v) is 13.0. The number of nitrogens with zero attached hydrogens (tertiary/aromatic N) is 2. The molecular weight excluding hydrogens is 253 g/mol. The van der Waals surface area contributed by atoms with Gasteiger partial charge >= 0.3 is 0 Å². The lowest BCUT2D eigenvalue weighted by Gasteiger charge is -2.24. The van der Waals surface area contributed by atoms with Crippen molar-refractivity contribution in [1.29, 1.82) is 0 Å². The summed E-state index contributed by atoms with van der Waals surface area (Å²) in [5.41, 5.74) is 0.881. The summed E-state index contributed by atoms with van der Waals surface area (Å²) in [6.07, 6.45) is 5.18. The van der Waals surface area contributed by atoms with Crippen molar-refractivity contribution in [3.05, 3.63) is 36.3 Å². The van der Waals surface area contributed by atoms with Gasteiger partial charge in [-0.1, -0.05) is 6.08 Å². The van der Waals surface area contributed by atoms with Crippen LogP contribution in [0.5, 0.6) is 0 Å². The van der Waals surface area contributed by atoms with E-state index >= 15 is 0 Å². The fourth-order valence-corrected chi connectivity index (χ4v) is 1.89. The first-order valence-corrected chi connectivity index (χ1v) is 7.05. The SMILES string of the molecule is C=CCCCN(C)c1ncc(F)cc1CNC(C)(C)C. The molecule has 1 rings (SSSR count). The van der Waals surface area contributed by atoms with Crippen LogP contribution in [-0.2, 0) is 6.54 Å². The van der Waals surface area contributed by atoms with Crippen LogP contribution in [0.1, 0.15) is 39.2 Å². The maximum atomic E-state index is 13.4. The van der Waals surface area contributed by atoms with E-state index in [0.29, 0.717) is 6.54 Å². The first-order chi connectivity index (χ1) is 9.33. The van der Waals surface area contributed by atoms with Crippen molar-refractivity contribution in [3.63, 3.8) is 0 Å². The van der Waals surface area contributed by atoms with E-state index in [9.17, 15) is 4.39 Å². The summed E-state index contributed by atoms with van der Waals surface area (Å²) in [4.78, 5) is 6.31. The Bertz CT molecular complexity index is 438. The summed E-state index contributed by atoms with van der Waals surface area (Å²) in [6, 6.07) is 1.56. The van der Waals surface area contributed by atoms with Gasteiger partial charge in [0.1, 0.15) is 11.6 Å². The molecule has 20 heavy (non-hydrogen) atoms. The number of anilines is 1. The Balaban J connectivity index is 2.80. The highest BCUT2D eigenvalue weighted by Gasteiger charge is 2.14. The van der Waals surface area contributed by atoms with Crippen molar-refractivity contribution in [3.8, 4) is 0 Å². The fourth-order valence-electron chi connectivity index (χ4n) is 1.89. The number of allylic oxidation sites excluding steroid dienone is 1. The predicted molar refractivity (Wildman–Crippen MR) is 83.5 cm³/mol. The van der Waals surface area contributed by atoms with Gasteiger partial charge in [-0.25, -0.2) is 9.37 Å². The number of aromatic nitrogens is 1. The molecule has 0 atom stereocenters. The highest BCUT2D eigenvalue weighted by atomic mass is 19.1. The number of pyridine rings is 1. The van der Waals surface area contributed by atoms with Gasteiger partial charge in [-0.15, -0.1) is 6.58 Å². The van der Waals surface area contributed by atoms with Gasteiger partial charge < -0.3 is 10.2 Å². The summed E-state index contributed by atoms with van der Waals surface area (Å²) < 4.78 is 13.4. The minimum absolute atomic E-state index is 0.00893. The molecule has 0 saturated heterocycles. The first kappa shape index (κ1) is 16.6. The third-order valence-corrected chi connectivity index (χ3v) is 2.98. The molecule has 0 unspecified atom stereocenters. The Morgan fingerprint density at radius 3 is 2.75 bits per heavy atom. The monoisotopic (exact) mass is 279 g/mol. The number of halogens is 1. The Morgan fingerprint density at radius 2 is 2.15 bits per heavy atom. The molecule has 1 heterocycles. The molecule has 0 amide bonds. The average molecular weight is 279 g/mol. The van der Waals surface area contributed by atoms with Crippen molar-refractivity contribution < 1.29 is 4.39 Å². The zero-order chi connectivity index (χ0) is 15.2. The van der Waals surface area contributed by atoms with Crippen molar-refractivity contribution in [2.45, 2.75) is 45.7 Å². The van der Waals surface area contributed by atoms with Crippen LogP contribution in [0.15, 0.2) is 24.9 Å². The van der Waals surface area contributed by atoms with Gasteiger partial charge in [-0.3, -0.25) is 0 Å². The number of hydrogen-bond donors (Lipinski definition) is 1. The Morgan fingerprint density at radius 1 is 1.45 bits per heavy atom. The Labute approximate surface area is 121 Å². The van der Waals surface area contributed by atoms with E-state index < -0.39 is 0 Å². The normalized spacial score (nSPS) is 11.4. The number of hydrogen-bond acceptors (Lipinski definition) is 3. The maximum absolute atomic E-state index is 13.4. The van der Waals surface area contributed by atoms with Crippen LogP contribution in [-0.4, -0.2) is 24.1 Å². The van der Waals surface area contributed by atoms with Gasteiger partial charge in [-0.05, 0) is 39.7 Å². The van der Waals surface area contributed by atoms with Gasteiger partial charge in [0.05, 0.1) is 6.20 Å². The van der Waals surface area contributed by atoms with E-state index in [-0.39, 0.29) is 11.4 Å². The lowest BCUT2D eigenvalue weighted by atomic mass is 10.1. The summed E-state index contributed by atoms with van der Waals surface area (Å²) in [5, 5.41) is 3.38. The zero-order valence-electron chi connectivity index (χ0n) is 13.0. The summed E-state index contributed by atoms with van der Waals surface area (Å²) in [6.45, 7) is 11.5. The van der Waals surface area contributed by atoms with Crippen LogP contribution in [0.25, 0.3) is 0 Å². The lowest BCUT2D eigenvalue weighted by Crippen LogP contribution is -2.35. The van der Waals surface area contributed by atoms with E-state index in [1.165, 1.54) is 6.20 Å². The topological polar surface area (TPSA) is 28.2 Å². The number of nitrogens with one attached hydrogen (secondary N) is 1. The van der Waals surface area contributed by atoms with E-state index in [0.717, 1.165) is 30.8 Å².